The Balaban J connectivity index is 1.49. The van der Waals surface area contributed by atoms with E-state index in [1.807, 2.05) is 22.8 Å². The molecule has 28 heavy (non-hydrogen) atoms. The molecule has 7 heteroatoms. The molecule has 0 aliphatic heterocycles. The Hall–Kier alpha value is -2.64. The molecule has 0 aliphatic carbocycles. The minimum Gasteiger partial charge on any atom is -0.461 e. The van der Waals surface area contributed by atoms with Gasteiger partial charge < -0.3 is 4.42 Å². The van der Waals surface area contributed by atoms with Crippen LogP contribution in [0.1, 0.15) is 18.2 Å². The molecule has 0 radical (unpaired) electrons. The summed E-state index contributed by atoms with van der Waals surface area (Å²) in [4.78, 5) is 4.78. The van der Waals surface area contributed by atoms with Crippen LogP contribution in [0.25, 0.3) is 22.2 Å². The standard InChI is InChI=1S/C21H20N4OS2/c1-3-11-25-19(18-6-5-12-26-18)23-24-21(25)28-14-17-13-27-20(22-17)16-9-7-15(4-2)8-10-16/h3,5-10,12-13H,1,4,11,14H2,2H3. The molecule has 4 aromatic rings. The van der Waals surface area contributed by atoms with E-state index in [1.54, 1.807) is 29.4 Å². The summed E-state index contributed by atoms with van der Waals surface area (Å²) in [5.74, 6) is 2.15. The first-order chi connectivity index (χ1) is 13.8. The van der Waals surface area contributed by atoms with Gasteiger partial charge in [0.2, 0.25) is 5.82 Å². The van der Waals surface area contributed by atoms with E-state index in [0.717, 1.165) is 33.6 Å². The van der Waals surface area contributed by atoms with Gasteiger partial charge in [0, 0.05) is 23.2 Å². The van der Waals surface area contributed by atoms with Crippen molar-refractivity contribution in [2.45, 2.75) is 30.8 Å². The van der Waals surface area contributed by atoms with Crippen LogP contribution < -0.4 is 0 Å². The molecule has 0 fully saturated rings. The van der Waals surface area contributed by atoms with E-state index >= 15 is 0 Å². The molecule has 0 amide bonds. The summed E-state index contributed by atoms with van der Waals surface area (Å²) in [5.41, 5.74) is 3.54. The Morgan fingerprint density at radius 1 is 1.21 bits per heavy atom. The third-order valence-electron chi connectivity index (χ3n) is 4.28. The van der Waals surface area contributed by atoms with Gasteiger partial charge in [-0.2, -0.15) is 0 Å². The molecule has 142 valence electrons. The van der Waals surface area contributed by atoms with Gasteiger partial charge in [-0.05, 0) is 24.1 Å². The maximum atomic E-state index is 5.47. The van der Waals surface area contributed by atoms with E-state index in [4.69, 9.17) is 9.40 Å². The average molecular weight is 409 g/mol. The predicted molar refractivity (Wildman–Crippen MR) is 114 cm³/mol. The topological polar surface area (TPSA) is 56.7 Å². The number of hydrogen-bond donors (Lipinski definition) is 0. The van der Waals surface area contributed by atoms with Crippen LogP contribution in [0.3, 0.4) is 0 Å². The van der Waals surface area contributed by atoms with Crippen LogP contribution in [0.4, 0.5) is 0 Å². The van der Waals surface area contributed by atoms with E-state index in [2.05, 4.69) is 53.3 Å². The van der Waals surface area contributed by atoms with Crippen molar-refractivity contribution in [1.29, 1.82) is 0 Å². The van der Waals surface area contributed by atoms with E-state index < -0.39 is 0 Å². The number of aryl methyl sites for hydroxylation is 1. The zero-order valence-electron chi connectivity index (χ0n) is 15.5. The Bertz CT molecular complexity index is 1050. The van der Waals surface area contributed by atoms with Gasteiger partial charge in [0.1, 0.15) is 5.01 Å². The molecule has 0 bridgehead atoms. The second kappa shape index (κ2) is 8.58. The number of furan rings is 1. The Kier molecular flexibility index (Phi) is 5.73. The Labute approximate surface area is 172 Å². The van der Waals surface area contributed by atoms with Crippen LogP contribution >= 0.6 is 23.1 Å². The lowest BCUT2D eigenvalue weighted by Crippen LogP contribution is -2.00. The van der Waals surface area contributed by atoms with E-state index in [-0.39, 0.29) is 0 Å². The number of hydrogen-bond acceptors (Lipinski definition) is 6. The van der Waals surface area contributed by atoms with Crippen LogP contribution in [0, 0.1) is 0 Å². The lowest BCUT2D eigenvalue weighted by Gasteiger charge is -2.05. The van der Waals surface area contributed by atoms with Crippen LogP contribution in [0.15, 0.2) is 70.3 Å². The molecular formula is C21H20N4OS2. The van der Waals surface area contributed by atoms with E-state index in [0.29, 0.717) is 18.1 Å². The molecular weight excluding hydrogens is 388 g/mol. The van der Waals surface area contributed by atoms with Gasteiger partial charge in [0.15, 0.2) is 10.9 Å². The number of rotatable bonds is 8. The monoisotopic (exact) mass is 408 g/mol. The maximum absolute atomic E-state index is 5.47. The Morgan fingerprint density at radius 2 is 2.07 bits per heavy atom. The summed E-state index contributed by atoms with van der Waals surface area (Å²) in [6.45, 7) is 6.62. The molecule has 0 saturated carbocycles. The van der Waals surface area contributed by atoms with Crippen LogP contribution in [0.2, 0.25) is 0 Å². The van der Waals surface area contributed by atoms with E-state index in [1.165, 1.54) is 5.56 Å². The Morgan fingerprint density at radius 3 is 2.79 bits per heavy atom. The highest BCUT2D eigenvalue weighted by molar-refractivity contribution is 7.98. The molecule has 0 unspecified atom stereocenters. The van der Waals surface area contributed by atoms with Crippen LogP contribution in [-0.2, 0) is 18.7 Å². The van der Waals surface area contributed by atoms with Crippen molar-refractivity contribution in [1.82, 2.24) is 19.7 Å². The highest BCUT2D eigenvalue weighted by Crippen LogP contribution is 2.29. The minimum absolute atomic E-state index is 0.622. The fourth-order valence-electron chi connectivity index (χ4n) is 2.80. The summed E-state index contributed by atoms with van der Waals surface area (Å²) >= 11 is 3.29. The summed E-state index contributed by atoms with van der Waals surface area (Å²) < 4.78 is 7.48. The summed E-state index contributed by atoms with van der Waals surface area (Å²) in [7, 11) is 0. The van der Waals surface area contributed by atoms with Gasteiger partial charge in [-0.25, -0.2) is 4.98 Å². The molecule has 1 aromatic carbocycles. The van der Waals surface area contributed by atoms with Gasteiger partial charge in [-0.1, -0.05) is 49.0 Å². The third kappa shape index (κ3) is 3.95. The smallest absolute Gasteiger partial charge is 0.200 e. The first kappa shape index (κ1) is 18.7. The molecule has 4 rings (SSSR count). The largest absolute Gasteiger partial charge is 0.461 e. The lowest BCUT2D eigenvalue weighted by molar-refractivity contribution is 0.569. The first-order valence-electron chi connectivity index (χ1n) is 9.03. The fraction of sp³-hybridized carbons (Fsp3) is 0.190. The molecule has 0 N–H and O–H groups in total. The van der Waals surface area contributed by atoms with Gasteiger partial charge >= 0.3 is 0 Å². The summed E-state index contributed by atoms with van der Waals surface area (Å²) in [6.07, 6.45) is 4.52. The number of thiazole rings is 1. The maximum Gasteiger partial charge on any atom is 0.200 e. The van der Waals surface area contributed by atoms with Crippen molar-refractivity contribution in [3.05, 3.63) is 72.0 Å². The number of aromatic nitrogens is 4. The first-order valence-corrected chi connectivity index (χ1v) is 10.9. The fourth-order valence-corrected chi connectivity index (χ4v) is 4.58. The minimum atomic E-state index is 0.622. The second-order valence-electron chi connectivity index (χ2n) is 6.17. The number of thioether (sulfide) groups is 1. The summed E-state index contributed by atoms with van der Waals surface area (Å²) in [6, 6.07) is 12.3. The van der Waals surface area contributed by atoms with Crippen molar-refractivity contribution in [3.8, 4) is 22.2 Å². The molecule has 3 heterocycles. The van der Waals surface area contributed by atoms with Crippen LogP contribution in [-0.4, -0.2) is 19.7 Å². The van der Waals surface area contributed by atoms with Crippen molar-refractivity contribution < 1.29 is 4.42 Å². The normalized spacial score (nSPS) is 11.0. The zero-order chi connectivity index (χ0) is 19.3. The SMILES string of the molecule is C=CCn1c(SCc2csc(-c3ccc(CC)cc3)n2)nnc1-c1ccco1. The molecule has 0 atom stereocenters. The van der Waals surface area contributed by atoms with Gasteiger partial charge in [0.25, 0.3) is 0 Å². The van der Waals surface area contributed by atoms with Crippen molar-refractivity contribution in [2.24, 2.45) is 0 Å². The lowest BCUT2D eigenvalue weighted by atomic mass is 10.1. The molecule has 3 aromatic heterocycles. The second-order valence-corrected chi connectivity index (χ2v) is 7.97. The van der Waals surface area contributed by atoms with Crippen molar-refractivity contribution in [2.75, 3.05) is 0 Å². The van der Waals surface area contributed by atoms with Crippen molar-refractivity contribution in [3.63, 3.8) is 0 Å². The molecule has 0 aliphatic rings. The summed E-state index contributed by atoms with van der Waals surface area (Å²) in [5, 5.41) is 12.6. The molecule has 0 saturated heterocycles. The van der Waals surface area contributed by atoms with Gasteiger partial charge in [0.05, 0.1) is 12.0 Å². The van der Waals surface area contributed by atoms with Crippen LogP contribution in [0.5, 0.6) is 0 Å². The number of nitrogens with zero attached hydrogens (tertiary/aromatic N) is 4. The molecule has 0 spiro atoms. The number of benzene rings is 1. The predicted octanol–water partition coefficient (Wildman–Crippen LogP) is 5.70. The highest BCUT2D eigenvalue weighted by Gasteiger charge is 2.16. The highest BCUT2D eigenvalue weighted by atomic mass is 32.2. The van der Waals surface area contributed by atoms with E-state index in [9.17, 15) is 0 Å². The van der Waals surface area contributed by atoms with Gasteiger partial charge in [-0.3, -0.25) is 4.57 Å². The molecule has 5 nitrogen and oxygen atoms in total. The quantitative estimate of drug-likeness (QED) is 0.276. The average Bonchev–Trinajstić information content (AvgIpc) is 3.48. The van der Waals surface area contributed by atoms with Crippen molar-refractivity contribution >= 4 is 23.1 Å². The van der Waals surface area contributed by atoms with Gasteiger partial charge in [-0.15, -0.1) is 28.1 Å². The number of allylic oxidation sites excluding steroid dienone is 1. The third-order valence-corrected chi connectivity index (χ3v) is 6.22. The zero-order valence-corrected chi connectivity index (χ0v) is 17.2.